The normalized spacial score (nSPS) is 10.4. The van der Waals surface area contributed by atoms with E-state index < -0.39 is 11.8 Å². The van der Waals surface area contributed by atoms with Crippen molar-refractivity contribution in [3.05, 3.63) is 68.0 Å². The fourth-order valence-corrected chi connectivity index (χ4v) is 3.40. The Bertz CT molecular complexity index is 908. The Morgan fingerprint density at radius 1 is 1.08 bits per heavy atom. The monoisotopic (exact) mass is 424 g/mol. The van der Waals surface area contributed by atoms with Crippen LogP contribution in [0.3, 0.4) is 0 Å². The zero-order valence-corrected chi connectivity index (χ0v) is 15.2. The number of carbonyl (C=O) groups excluding carboxylic acids is 2. The number of para-hydroxylation sites is 1. The van der Waals surface area contributed by atoms with Crippen molar-refractivity contribution in [2.75, 3.05) is 0 Å². The van der Waals surface area contributed by atoms with Crippen molar-refractivity contribution >= 4 is 50.7 Å². The molecule has 0 atom stereocenters. The first kappa shape index (κ1) is 16.7. The third-order valence-corrected chi connectivity index (χ3v) is 4.95. The molecule has 0 bridgehead atoms. The Labute approximate surface area is 154 Å². The van der Waals surface area contributed by atoms with Gasteiger partial charge in [-0.25, -0.2) is 4.68 Å². The second kappa shape index (κ2) is 7.16. The number of hydrogen-bond acceptors (Lipinski definition) is 4. The highest BCUT2D eigenvalue weighted by molar-refractivity contribution is 9.11. The number of amides is 2. The highest BCUT2D eigenvalue weighted by Gasteiger charge is 2.14. The average molecular weight is 426 g/mol. The summed E-state index contributed by atoms with van der Waals surface area (Å²) in [6.07, 6.45) is 1.62. The topological polar surface area (TPSA) is 76.0 Å². The lowest BCUT2D eigenvalue weighted by molar-refractivity contribution is 0.0846. The van der Waals surface area contributed by atoms with Gasteiger partial charge in [-0.15, -0.1) is 11.3 Å². The van der Waals surface area contributed by atoms with Gasteiger partial charge in [-0.05, 0) is 46.3 Å². The second-order valence-electron chi connectivity index (χ2n) is 4.61. The van der Waals surface area contributed by atoms with Crippen LogP contribution in [0.25, 0.3) is 5.69 Å². The number of thiophene rings is 1. The van der Waals surface area contributed by atoms with Crippen molar-refractivity contribution in [3.63, 3.8) is 0 Å². The van der Waals surface area contributed by atoms with Crippen molar-refractivity contribution in [1.82, 2.24) is 20.6 Å². The molecule has 0 aliphatic rings. The average Bonchev–Trinajstić information content (AvgIpc) is 3.22. The molecular weight excluding hydrogens is 416 g/mol. The van der Waals surface area contributed by atoms with Crippen molar-refractivity contribution in [2.24, 2.45) is 0 Å². The third kappa shape index (κ3) is 3.66. The van der Waals surface area contributed by atoms with Crippen LogP contribution in [-0.2, 0) is 0 Å². The fourth-order valence-electron chi connectivity index (χ4n) is 1.89. The van der Waals surface area contributed by atoms with Crippen LogP contribution in [0.15, 0.2) is 52.4 Å². The van der Waals surface area contributed by atoms with E-state index in [4.69, 9.17) is 11.6 Å². The van der Waals surface area contributed by atoms with Crippen LogP contribution < -0.4 is 10.9 Å². The summed E-state index contributed by atoms with van der Waals surface area (Å²) in [5, 5.41) is 4.68. The first-order valence-corrected chi connectivity index (χ1v) is 8.70. The molecule has 2 aromatic heterocycles. The zero-order chi connectivity index (χ0) is 17.1. The van der Waals surface area contributed by atoms with Gasteiger partial charge in [-0.1, -0.05) is 23.7 Å². The SMILES string of the molecule is O=C(NNC(=O)c1ccc(Br)s1)c1ccn(-c2ccccc2Cl)n1. The van der Waals surface area contributed by atoms with Gasteiger partial charge in [0, 0.05) is 6.20 Å². The minimum atomic E-state index is -0.523. The molecule has 0 radical (unpaired) electrons. The quantitative estimate of drug-likeness (QED) is 0.631. The Hall–Kier alpha value is -2.16. The Kier molecular flexibility index (Phi) is 4.98. The van der Waals surface area contributed by atoms with E-state index in [9.17, 15) is 9.59 Å². The number of nitrogens with one attached hydrogen (secondary N) is 2. The molecule has 1 aromatic carbocycles. The van der Waals surface area contributed by atoms with E-state index in [1.165, 1.54) is 22.1 Å². The maximum atomic E-state index is 12.1. The molecule has 0 unspecified atom stereocenters. The molecule has 2 N–H and O–H groups in total. The summed E-state index contributed by atoms with van der Waals surface area (Å²) in [5.74, 6) is -0.922. The van der Waals surface area contributed by atoms with Crippen LogP contribution in [0, 0.1) is 0 Å². The number of carbonyl (C=O) groups is 2. The molecule has 0 saturated heterocycles. The number of hydrazine groups is 1. The summed E-state index contributed by atoms with van der Waals surface area (Å²) in [5.41, 5.74) is 5.49. The summed E-state index contributed by atoms with van der Waals surface area (Å²) in [6, 6.07) is 12.1. The van der Waals surface area contributed by atoms with Gasteiger partial charge in [0.2, 0.25) is 0 Å². The largest absolute Gasteiger partial charge is 0.290 e. The molecule has 3 rings (SSSR count). The van der Waals surface area contributed by atoms with Gasteiger partial charge in [0.25, 0.3) is 11.8 Å². The van der Waals surface area contributed by atoms with Gasteiger partial charge >= 0.3 is 0 Å². The van der Waals surface area contributed by atoms with Crippen LogP contribution in [0.2, 0.25) is 5.02 Å². The van der Waals surface area contributed by atoms with E-state index in [0.29, 0.717) is 15.6 Å². The minimum absolute atomic E-state index is 0.155. The molecule has 9 heteroatoms. The number of nitrogens with zero attached hydrogens (tertiary/aromatic N) is 2. The fraction of sp³-hybridized carbons (Fsp3) is 0. The van der Waals surface area contributed by atoms with Crippen molar-refractivity contribution < 1.29 is 9.59 Å². The Morgan fingerprint density at radius 2 is 1.83 bits per heavy atom. The lowest BCUT2D eigenvalue weighted by atomic mass is 10.3. The van der Waals surface area contributed by atoms with E-state index in [2.05, 4.69) is 31.9 Å². The maximum Gasteiger partial charge on any atom is 0.290 e. The van der Waals surface area contributed by atoms with Crippen molar-refractivity contribution in [1.29, 1.82) is 0 Å². The van der Waals surface area contributed by atoms with Gasteiger partial charge in [-0.3, -0.25) is 20.4 Å². The van der Waals surface area contributed by atoms with Crippen molar-refractivity contribution in [2.45, 2.75) is 0 Å². The van der Waals surface area contributed by atoms with E-state index in [0.717, 1.165) is 3.79 Å². The predicted octanol–water partition coefficient (Wildman–Crippen LogP) is 3.42. The number of benzene rings is 1. The van der Waals surface area contributed by atoms with Crippen molar-refractivity contribution in [3.8, 4) is 5.69 Å². The standard InChI is InChI=1S/C15H10BrClN4O2S/c16-13-6-5-12(24-13)15(23)19-18-14(22)10-7-8-21(20-10)11-4-2-1-3-9(11)17/h1-8H,(H,18,22)(H,19,23). The highest BCUT2D eigenvalue weighted by Crippen LogP contribution is 2.21. The van der Waals surface area contributed by atoms with Crippen LogP contribution in [0.4, 0.5) is 0 Å². The molecule has 3 aromatic rings. The van der Waals surface area contributed by atoms with Gasteiger partial charge in [-0.2, -0.15) is 5.10 Å². The molecule has 0 aliphatic carbocycles. The molecule has 24 heavy (non-hydrogen) atoms. The summed E-state index contributed by atoms with van der Waals surface area (Å²) in [4.78, 5) is 24.4. The lowest BCUT2D eigenvalue weighted by Crippen LogP contribution is -2.41. The second-order valence-corrected chi connectivity index (χ2v) is 7.48. The number of hydrogen-bond donors (Lipinski definition) is 2. The van der Waals surface area contributed by atoms with Gasteiger partial charge in [0.05, 0.1) is 19.4 Å². The van der Waals surface area contributed by atoms with E-state index >= 15 is 0 Å². The molecular formula is C15H10BrClN4O2S. The minimum Gasteiger partial charge on any atom is -0.266 e. The molecule has 2 amide bonds. The molecule has 0 fully saturated rings. The Morgan fingerprint density at radius 3 is 2.54 bits per heavy atom. The summed E-state index contributed by atoms with van der Waals surface area (Å²) >= 11 is 10.6. The smallest absolute Gasteiger partial charge is 0.266 e. The number of aromatic nitrogens is 2. The first-order chi connectivity index (χ1) is 11.5. The van der Waals surface area contributed by atoms with Gasteiger partial charge < -0.3 is 0 Å². The van der Waals surface area contributed by atoms with Crippen LogP contribution in [0.5, 0.6) is 0 Å². The van der Waals surface area contributed by atoms with E-state index in [1.807, 2.05) is 6.07 Å². The van der Waals surface area contributed by atoms with Crippen LogP contribution >= 0.6 is 38.9 Å². The Balaban J connectivity index is 1.66. The predicted molar refractivity (Wildman–Crippen MR) is 95.5 cm³/mol. The van der Waals surface area contributed by atoms with Gasteiger partial charge in [0.15, 0.2) is 5.69 Å². The van der Waals surface area contributed by atoms with E-state index in [-0.39, 0.29) is 5.69 Å². The molecule has 6 nitrogen and oxygen atoms in total. The third-order valence-electron chi connectivity index (χ3n) is 3.01. The van der Waals surface area contributed by atoms with Crippen LogP contribution in [-0.4, -0.2) is 21.6 Å². The van der Waals surface area contributed by atoms with Gasteiger partial charge in [0.1, 0.15) is 0 Å². The molecule has 0 spiro atoms. The zero-order valence-electron chi connectivity index (χ0n) is 12.0. The molecule has 0 saturated carbocycles. The van der Waals surface area contributed by atoms with Crippen LogP contribution in [0.1, 0.15) is 20.2 Å². The molecule has 0 aliphatic heterocycles. The first-order valence-electron chi connectivity index (χ1n) is 6.71. The number of rotatable bonds is 3. The maximum absolute atomic E-state index is 12.1. The summed E-state index contributed by atoms with van der Waals surface area (Å²) in [6.45, 7) is 0. The number of halogens is 2. The summed E-state index contributed by atoms with van der Waals surface area (Å²) < 4.78 is 2.33. The molecule has 2 heterocycles. The lowest BCUT2D eigenvalue weighted by Gasteiger charge is -2.05. The van der Waals surface area contributed by atoms with E-state index in [1.54, 1.807) is 36.5 Å². The summed E-state index contributed by atoms with van der Waals surface area (Å²) in [7, 11) is 0. The highest BCUT2D eigenvalue weighted by atomic mass is 79.9. The molecule has 122 valence electrons.